The lowest BCUT2D eigenvalue weighted by Crippen LogP contribution is -2.21. The zero-order valence-electron chi connectivity index (χ0n) is 27.2. The zero-order valence-corrected chi connectivity index (χ0v) is 28.8. The van der Waals surface area contributed by atoms with Crippen molar-refractivity contribution in [3.63, 3.8) is 0 Å². The zero-order chi connectivity index (χ0) is 35.9. The monoisotopic (exact) mass is 720 g/mol. The number of aromatic hydroxyl groups is 4. The lowest BCUT2D eigenvalue weighted by atomic mass is 9.90. The number of nitrogens with zero attached hydrogens (tertiary/aromatic N) is 4. The summed E-state index contributed by atoms with van der Waals surface area (Å²) in [5, 5.41) is 46.5. The number of hydrogen-bond acceptors (Lipinski definition) is 12. The van der Waals surface area contributed by atoms with Crippen molar-refractivity contribution in [2.45, 2.75) is 22.6 Å². The number of hydrogen-bond donors (Lipinski definition) is 4. The summed E-state index contributed by atoms with van der Waals surface area (Å²) in [6, 6.07) is 19.8. The predicted molar refractivity (Wildman–Crippen MR) is 185 cm³/mol. The van der Waals surface area contributed by atoms with Gasteiger partial charge in [0.05, 0.1) is 0 Å². The largest absolute Gasteiger partial charge is 0.492 e. The maximum absolute atomic E-state index is 13.7. The molecule has 4 aromatic carbocycles. The molecule has 0 amide bonds. The average Bonchev–Trinajstić information content (AvgIpc) is 3.44. The fraction of sp³-hybridized carbons (Fsp3) is 0.176. The Morgan fingerprint density at radius 1 is 0.520 bits per heavy atom. The molecule has 1 aliphatic carbocycles. The highest BCUT2D eigenvalue weighted by molar-refractivity contribution is 7.87. The van der Waals surface area contributed by atoms with Gasteiger partial charge in [-0.1, -0.05) is 58.0 Å². The maximum Gasteiger partial charge on any atom is 0.358 e. The Labute approximate surface area is 286 Å². The molecule has 0 unspecified atom stereocenters. The van der Waals surface area contributed by atoms with Gasteiger partial charge in [0.15, 0.2) is 0 Å². The lowest BCUT2D eigenvalue weighted by molar-refractivity contribution is 0.200. The fourth-order valence-electron chi connectivity index (χ4n) is 6.48. The van der Waals surface area contributed by atoms with Gasteiger partial charge in [0.2, 0.25) is 23.5 Å². The van der Waals surface area contributed by atoms with Crippen molar-refractivity contribution in [1.29, 1.82) is 0 Å². The normalized spacial score (nSPS) is 12.9. The summed E-state index contributed by atoms with van der Waals surface area (Å²) in [5.41, 5.74) is 1.12. The third-order valence-corrected chi connectivity index (χ3v) is 11.3. The first kappa shape index (κ1) is 32.8. The third-order valence-electron chi connectivity index (χ3n) is 8.82. The van der Waals surface area contributed by atoms with Crippen molar-refractivity contribution >= 4 is 53.2 Å². The molecular weight excluding hydrogens is 689 g/mol. The van der Waals surface area contributed by atoms with E-state index in [1.54, 1.807) is 98.7 Å². The standard InChI is InChI=1S/C34H32N4O10S2/c1-35(2)25-13-5-9-19-11-7-15-27(29(19)25)49(43,44)47-37-31(39)21-17-23-24(18-22(21)32(37)40)34(42)38(33(23)41)48-50(45,46)28-16-8-12-20-10-6-14-26(30(20)28)36(3)4/h5-16,39-42H,17-18H2,1-4H3. The van der Waals surface area contributed by atoms with Crippen molar-refractivity contribution in [1.82, 2.24) is 9.46 Å². The quantitative estimate of drug-likeness (QED) is 0.179. The molecule has 50 heavy (non-hydrogen) atoms. The van der Waals surface area contributed by atoms with E-state index < -0.39 is 43.8 Å². The van der Waals surface area contributed by atoms with Gasteiger partial charge in [-0.2, -0.15) is 16.8 Å². The maximum atomic E-state index is 13.7. The Bertz CT molecular complexity index is 2350. The summed E-state index contributed by atoms with van der Waals surface area (Å²) >= 11 is 0. The molecule has 0 bridgehead atoms. The minimum atomic E-state index is -4.66. The van der Waals surface area contributed by atoms with Gasteiger partial charge in [0.25, 0.3) is 0 Å². The topological polar surface area (TPSA) is 184 Å². The fourth-order valence-corrected chi connectivity index (χ4v) is 8.75. The molecule has 1 aliphatic rings. The average molecular weight is 721 g/mol. The highest BCUT2D eigenvalue weighted by Gasteiger charge is 2.38. The SMILES string of the molecule is CN(C)c1cccc2cccc(S(=O)(=O)On3c(O)c4c(c3O)Cc3c(c(O)n(OS(=O)(=O)c5cccc6cccc(N(C)C)c56)c3O)C4)c12. The molecular formula is C34H32N4O10S2. The Morgan fingerprint density at radius 3 is 1.12 bits per heavy atom. The van der Waals surface area contributed by atoms with E-state index in [0.717, 1.165) is 0 Å². The summed E-state index contributed by atoms with van der Waals surface area (Å²) < 4.78 is 66.1. The molecule has 6 aromatic rings. The van der Waals surface area contributed by atoms with Crippen molar-refractivity contribution in [3.05, 3.63) is 95.1 Å². The van der Waals surface area contributed by atoms with Crippen molar-refractivity contribution in [2.75, 3.05) is 38.0 Å². The Balaban J connectivity index is 1.24. The van der Waals surface area contributed by atoms with E-state index >= 15 is 0 Å². The number of anilines is 2. The molecule has 0 aliphatic heterocycles. The van der Waals surface area contributed by atoms with Crippen LogP contribution in [0.4, 0.5) is 11.4 Å². The number of benzene rings is 4. The third kappa shape index (κ3) is 4.97. The second kappa shape index (κ2) is 11.4. The first-order chi connectivity index (χ1) is 23.6. The van der Waals surface area contributed by atoms with E-state index in [1.165, 1.54) is 12.1 Å². The molecule has 0 atom stereocenters. The van der Waals surface area contributed by atoms with E-state index in [2.05, 4.69) is 0 Å². The summed E-state index contributed by atoms with van der Waals surface area (Å²) in [4.78, 5) is 3.07. The molecule has 7 rings (SSSR count). The molecule has 16 heteroatoms. The van der Waals surface area contributed by atoms with E-state index in [-0.39, 0.29) is 44.9 Å². The second-order valence-corrected chi connectivity index (χ2v) is 15.3. The minimum absolute atomic E-state index is 0.0166. The molecule has 4 N–H and O–H groups in total. The van der Waals surface area contributed by atoms with Crippen LogP contribution >= 0.6 is 0 Å². The highest BCUT2D eigenvalue weighted by atomic mass is 32.2. The molecule has 0 saturated carbocycles. The number of fused-ring (bicyclic) bond motifs is 4. The van der Waals surface area contributed by atoms with E-state index in [4.69, 9.17) is 8.57 Å². The molecule has 2 heterocycles. The van der Waals surface area contributed by atoms with Gasteiger partial charge in [-0.05, 0) is 35.0 Å². The highest BCUT2D eigenvalue weighted by Crippen LogP contribution is 2.47. The summed E-state index contributed by atoms with van der Waals surface area (Å²) in [5.74, 6) is -3.09. The lowest BCUT2D eigenvalue weighted by Gasteiger charge is -2.18. The van der Waals surface area contributed by atoms with Gasteiger partial charge in [0, 0.05) is 85.4 Å². The molecule has 0 spiro atoms. The van der Waals surface area contributed by atoms with Crippen molar-refractivity contribution < 1.29 is 45.8 Å². The molecule has 0 radical (unpaired) electrons. The van der Waals surface area contributed by atoms with Crippen LogP contribution in [0.25, 0.3) is 21.5 Å². The first-order valence-corrected chi connectivity index (χ1v) is 18.0. The molecule has 260 valence electrons. The minimum Gasteiger partial charge on any atom is -0.492 e. The van der Waals surface area contributed by atoms with Crippen LogP contribution < -0.4 is 18.4 Å². The van der Waals surface area contributed by atoms with Crippen LogP contribution in [0.3, 0.4) is 0 Å². The molecule has 0 fully saturated rings. The predicted octanol–water partition coefficient (Wildman–Crippen LogP) is 3.68. The number of aromatic nitrogens is 2. The van der Waals surface area contributed by atoms with Crippen LogP contribution in [0.2, 0.25) is 0 Å². The van der Waals surface area contributed by atoms with Crippen LogP contribution in [0.15, 0.2) is 82.6 Å². The van der Waals surface area contributed by atoms with Crippen molar-refractivity contribution in [2.24, 2.45) is 0 Å². The first-order valence-electron chi connectivity index (χ1n) is 15.2. The van der Waals surface area contributed by atoms with Gasteiger partial charge < -0.3 is 30.2 Å². The van der Waals surface area contributed by atoms with Crippen LogP contribution in [-0.4, -0.2) is 74.9 Å². The van der Waals surface area contributed by atoms with Gasteiger partial charge in [0.1, 0.15) is 9.79 Å². The van der Waals surface area contributed by atoms with Crippen molar-refractivity contribution in [3.8, 4) is 23.5 Å². The van der Waals surface area contributed by atoms with Crippen LogP contribution in [0, 0.1) is 0 Å². The Kier molecular flexibility index (Phi) is 7.49. The van der Waals surface area contributed by atoms with Crippen LogP contribution in [0.5, 0.6) is 23.5 Å². The summed E-state index contributed by atoms with van der Waals surface area (Å²) in [6.07, 6.45) is -0.706. The van der Waals surface area contributed by atoms with E-state index in [9.17, 15) is 37.3 Å². The number of rotatable bonds is 8. The van der Waals surface area contributed by atoms with Gasteiger partial charge in [-0.3, -0.25) is 8.57 Å². The summed E-state index contributed by atoms with van der Waals surface area (Å²) in [7, 11) is -2.30. The molecule has 2 aromatic heterocycles. The van der Waals surface area contributed by atoms with Gasteiger partial charge in [-0.15, -0.1) is 0 Å². The molecule has 0 saturated heterocycles. The Hall–Kier alpha value is -5.74. The van der Waals surface area contributed by atoms with Crippen LogP contribution in [-0.2, 0) is 33.1 Å². The van der Waals surface area contributed by atoms with Crippen LogP contribution in [0.1, 0.15) is 22.3 Å². The molecule has 14 nitrogen and oxygen atoms in total. The second-order valence-electron chi connectivity index (χ2n) is 12.3. The summed E-state index contributed by atoms with van der Waals surface area (Å²) in [6.45, 7) is 0. The smallest absolute Gasteiger partial charge is 0.358 e. The van der Waals surface area contributed by atoms with Gasteiger partial charge in [-0.25, -0.2) is 0 Å². The van der Waals surface area contributed by atoms with Gasteiger partial charge >= 0.3 is 20.2 Å². The van der Waals surface area contributed by atoms with E-state index in [0.29, 0.717) is 42.4 Å². The Morgan fingerprint density at radius 2 is 0.820 bits per heavy atom. The van der Waals surface area contributed by atoms with E-state index in [1.807, 2.05) is 0 Å².